The molecule has 5 nitrogen and oxygen atoms in total. The van der Waals surface area contributed by atoms with Gasteiger partial charge in [-0.05, 0) is 38.1 Å². The Morgan fingerprint density at radius 2 is 2.05 bits per heavy atom. The molecule has 0 aliphatic heterocycles. The van der Waals surface area contributed by atoms with Gasteiger partial charge in [-0.1, -0.05) is 0 Å². The predicted octanol–water partition coefficient (Wildman–Crippen LogP) is 2.74. The lowest BCUT2D eigenvalue weighted by Gasteiger charge is -2.06. The summed E-state index contributed by atoms with van der Waals surface area (Å²) in [5, 5.41) is 4.15. The number of hydrogen-bond donors (Lipinski definition) is 2. The average Bonchev–Trinajstić information content (AvgIpc) is 2.78. The number of guanidine groups is 1. The maximum absolute atomic E-state index is 5.88. The largest absolute Gasteiger partial charge is 0.497 e. The van der Waals surface area contributed by atoms with Crippen molar-refractivity contribution in [3.63, 3.8) is 0 Å². The van der Waals surface area contributed by atoms with Gasteiger partial charge in [0.15, 0.2) is 5.96 Å². The molecule has 0 bridgehead atoms. The molecular formula is C15H20N4OS. The molecule has 3 N–H and O–H groups in total. The molecule has 1 aromatic heterocycles. The van der Waals surface area contributed by atoms with Crippen LogP contribution >= 0.6 is 11.3 Å². The molecule has 0 unspecified atom stereocenters. The third-order valence-electron chi connectivity index (χ3n) is 2.98. The number of benzene rings is 1. The number of aromatic nitrogens is 1. The van der Waals surface area contributed by atoms with Gasteiger partial charge in [0.1, 0.15) is 5.75 Å². The predicted molar refractivity (Wildman–Crippen MR) is 88.4 cm³/mol. The molecule has 0 atom stereocenters. The van der Waals surface area contributed by atoms with Crippen LogP contribution in [0, 0.1) is 13.8 Å². The maximum atomic E-state index is 5.88. The fourth-order valence-corrected chi connectivity index (χ4v) is 2.87. The van der Waals surface area contributed by atoms with Gasteiger partial charge >= 0.3 is 0 Å². The van der Waals surface area contributed by atoms with Crippen LogP contribution in [0.2, 0.25) is 0 Å². The van der Waals surface area contributed by atoms with Gasteiger partial charge < -0.3 is 15.8 Å². The lowest BCUT2D eigenvalue weighted by molar-refractivity contribution is 0.415. The van der Waals surface area contributed by atoms with Crippen LogP contribution < -0.4 is 15.8 Å². The van der Waals surface area contributed by atoms with Gasteiger partial charge in [0.2, 0.25) is 0 Å². The molecule has 2 aromatic rings. The highest BCUT2D eigenvalue weighted by atomic mass is 32.1. The Morgan fingerprint density at radius 3 is 2.62 bits per heavy atom. The van der Waals surface area contributed by atoms with Gasteiger partial charge in [0, 0.05) is 23.5 Å². The summed E-state index contributed by atoms with van der Waals surface area (Å²) in [6.45, 7) is 4.70. The number of methoxy groups -OCH3 is 1. The number of nitrogens with zero attached hydrogens (tertiary/aromatic N) is 2. The first-order chi connectivity index (χ1) is 10.1. The van der Waals surface area contributed by atoms with Gasteiger partial charge in [0.25, 0.3) is 0 Å². The van der Waals surface area contributed by atoms with Gasteiger partial charge in [-0.2, -0.15) is 0 Å². The van der Waals surface area contributed by atoms with Gasteiger partial charge in [-0.15, -0.1) is 11.3 Å². The van der Waals surface area contributed by atoms with Crippen molar-refractivity contribution < 1.29 is 4.74 Å². The van der Waals surface area contributed by atoms with Crippen molar-refractivity contribution in [3.8, 4) is 5.75 Å². The van der Waals surface area contributed by atoms with Crippen LogP contribution in [0.25, 0.3) is 0 Å². The van der Waals surface area contributed by atoms with Crippen LogP contribution in [-0.2, 0) is 6.42 Å². The summed E-state index contributed by atoms with van der Waals surface area (Å²) < 4.78 is 5.11. The van der Waals surface area contributed by atoms with Gasteiger partial charge in [-0.3, -0.25) is 4.99 Å². The Hall–Kier alpha value is -2.08. The van der Waals surface area contributed by atoms with Crippen molar-refractivity contribution in [2.75, 3.05) is 19.0 Å². The second-order valence-corrected chi connectivity index (χ2v) is 5.90. The van der Waals surface area contributed by atoms with Crippen molar-refractivity contribution in [1.29, 1.82) is 0 Å². The minimum absolute atomic E-state index is 0.416. The second kappa shape index (κ2) is 7.08. The second-order valence-electron chi connectivity index (χ2n) is 4.61. The molecule has 1 aromatic carbocycles. The maximum Gasteiger partial charge on any atom is 0.193 e. The molecule has 0 amide bonds. The summed E-state index contributed by atoms with van der Waals surface area (Å²) in [4.78, 5) is 10.0. The smallest absolute Gasteiger partial charge is 0.193 e. The molecule has 0 fully saturated rings. The summed E-state index contributed by atoms with van der Waals surface area (Å²) in [5.41, 5.74) is 7.86. The van der Waals surface area contributed by atoms with Crippen molar-refractivity contribution in [3.05, 3.63) is 39.8 Å². The van der Waals surface area contributed by atoms with E-state index in [0.29, 0.717) is 12.5 Å². The van der Waals surface area contributed by atoms with Crippen LogP contribution in [0.3, 0.4) is 0 Å². The molecule has 0 spiro atoms. The van der Waals surface area contributed by atoms with E-state index in [1.165, 1.54) is 4.88 Å². The SMILES string of the molecule is COc1ccc(NC(N)=NCCc2sc(C)nc2C)cc1. The molecule has 112 valence electrons. The molecule has 2 rings (SSSR count). The molecular weight excluding hydrogens is 284 g/mol. The molecule has 0 radical (unpaired) electrons. The normalized spacial score (nSPS) is 11.5. The molecule has 6 heteroatoms. The molecule has 0 saturated heterocycles. The van der Waals surface area contributed by atoms with E-state index in [-0.39, 0.29) is 0 Å². The fourth-order valence-electron chi connectivity index (χ4n) is 1.95. The number of hydrogen-bond acceptors (Lipinski definition) is 4. The van der Waals surface area contributed by atoms with E-state index >= 15 is 0 Å². The van der Waals surface area contributed by atoms with Gasteiger partial charge in [0.05, 0.1) is 17.8 Å². The molecule has 0 aliphatic rings. The number of aryl methyl sites for hydroxylation is 2. The summed E-state index contributed by atoms with van der Waals surface area (Å²) in [7, 11) is 1.64. The number of rotatable bonds is 5. The molecule has 0 saturated carbocycles. The number of aliphatic imine (C=N–C) groups is 1. The van der Waals surface area contributed by atoms with Crippen LogP contribution in [0.15, 0.2) is 29.3 Å². The number of anilines is 1. The number of ether oxygens (including phenoxy) is 1. The van der Waals surface area contributed by atoms with E-state index in [9.17, 15) is 0 Å². The van der Waals surface area contributed by atoms with E-state index in [4.69, 9.17) is 10.5 Å². The Labute approximate surface area is 128 Å². The quantitative estimate of drug-likeness (QED) is 0.658. The Kier molecular flexibility index (Phi) is 5.16. The van der Waals surface area contributed by atoms with Crippen molar-refractivity contribution in [2.24, 2.45) is 10.7 Å². The molecule has 21 heavy (non-hydrogen) atoms. The zero-order valence-electron chi connectivity index (χ0n) is 12.5. The zero-order valence-corrected chi connectivity index (χ0v) is 13.3. The topological polar surface area (TPSA) is 72.5 Å². The summed E-state index contributed by atoms with van der Waals surface area (Å²) in [6.07, 6.45) is 0.863. The monoisotopic (exact) mass is 304 g/mol. The first-order valence-electron chi connectivity index (χ1n) is 6.72. The first-order valence-corrected chi connectivity index (χ1v) is 7.54. The highest BCUT2D eigenvalue weighted by Crippen LogP contribution is 2.17. The average molecular weight is 304 g/mol. The lowest BCUT2D eigenvalue weighted by atomic mass is 10.3. The fraction of sp³-hybridized carbons (Fsp3) is 0.333. The first kappa shape index (κ1) is 15.3. The minimum Gasteiger partial charge on any atom is -0.497 e. The Morgan fingerprint density at radius 1 is 1.33 bits per heavy atom. The van der Waals surface area contributed by atoms with E-state index in [1.807, 2.05) is 38.1 Å². The highest BCUT2D eigenvalue weighted by Gasteiger charge is 2.04. The summed E-state index contributed by atoms with van der Waals surface area (Å²) >= 11 is 1.72. The number of thiazole rings is 1. The highest BCUT2D eigenvalue weighted by molar-refractivity contribution is 7.11. The van der Waals surface area contributed by atoms with Crippen molar-refractivity contribution in [1.82, 2.24) is 4.98 Å². The molecule has 0 aliphatic carbocycles. The van der Waals surface area contributed by atoms with E-state index < -0.39 is 0 Å². The van der Waals surface area contributed by atoms with Crippen LogP contribution in [0.4, 0.5) is 5.69 Å². The van der Waals surface area contributed by atoms with Crippen LogP contribution in [0.5, 0.6) is 5.75 Å². The third kappa shape index (κ3) is 4.46. The van der Waals surface area contributed by atoms with E-state index in [0.717, 1.165) is 28.6 Å². The number of nitrogens with one attached hydrogen (secondary N) is 1. The van der Waals surface area contributed by atoms with E-state index in [2.05, 4.69) is 15.3 Å². The standard InChI is InChI=1S/C15H20N4OS/c1-10-14(21-11(2)18-10)8-9-17-15(16)19-12-4-6-13(20-3)7-5-12/h4-7H,8-9H2,1-3H3,(H3,16,17,19). The lowest BCUT2D eigenvalue weighted by Crippen LogP contribution is -2.23. The van der Waals surface area contributed by atoms with Gasteiger partial charge in [-0.25, -0.2) is 4.98 Å². The van der Waals surface area contributed by atoms with Crippen molar-refractivity contribution in [2.45, 2.75) is 20.3 Å². The third-order valence-corrected chi connectivity index (χ3v) is 4.12. The Bertz CT molecular complexity index is 619. The zero-order chi connectivity index (χ0) is 15.2. The van der Waals surface area contributed by atoms with Crippen LogP contribution in [-0.4, -0.2) is 24.6 Å². The van der Waals surface area contributed by atoms with E-state index in [1.54, 1.807) is 18.4 Å². The molecule has 1 heterocycles. The van der Waals surface area contributed by atoms with Crippen LogP contribution in [0.1, 0.15) is 15.6 Å². The van der Waals surface area contributed by atoms with Crippen molar-refractivity contribution >= 4 is 23.0 Å². The summed E-state index contributed by atoms with van der Waals surface area (Å²) in [6, 6.07) is 7.55. The minimum atomic E-state index is 0.416. The number of nitrogens with two attached hydrogens (primary N) is 1. The summed E-state index contributed by atoms with van der Waals surface area (Å²) in [5.74, 6) is 1.23. The Balaban J connectivity index is 1.87.